The van der Waals surface area contributed by atoms with Crippen LogP contribution in [0.15, 0.2) is 90.3 Å². The van der Waals surface area contributed by atoms with Crippen LogP contribution in [0.4, 0.5) is 11.4 Å². The Bertz CT molecular complexity index is 1230. The van der Waals surface area contributed by atoms with Crippen molar-refractivity contribution in [2.45, 2.75) is 4.90 Å². The molecule has 9 heteroatoms. The molecule has 1 amide bonds. The van der Waals surface area contributed by atoms with Crippen molar-refractivity contribution in [3.8, 4) is 17.2 Å². The summed E-state index contributed by atoms with van der Waals surface area (Å²) in [5, 5.41) is 2.72. The molecule has 0 aliphatic carbocycles. The third kappa shape index (κ3) is 5.87. The van der Waals surface area contributed by atoms with Crippen LogP contribution in [-0.2, 0) is 14.8 Å². The van der Waals surface area contributed by atoms with Crippen molar-refractivity contribution >= 4 is 27.3 Å². The molecule has 0 aromatic heterocycles. The zero-order chi connectivity index (χ0) is 24.6. The van der Waals surface area contributed by atoms with Gasteiger partial charge in [0.1, 0.15) is 30.4 Å². The number of rotatable bonds is 11. The first-order valence-corrected chi connectivity index (χ1v) is 11.8. The average Bonchev–Trinajstić information content (AvgIpc) is 2.87. The second-order valence-corrected chi connectivity index (χ2v) is 8.90. The van der Waals surface area contributed by atoms with E-state index in [2.05, 4.69) is 11.9 Å². The first-order chi connectivity index (χ1) is 16.4. The fourth-order valence-electron chi connectivity index (χ4n) is 3.13. The smallest absolute Gasteiger partial charge is 0.264 e. The van der Waals surface area contributed by atoms with E-state index in [1.165, 1.54) is 32.4 Å². The van der Waals surface area contributed by atoms with Gasteiger partial charge in [-0.15, -0.1) is 0 Å². The fourth-order valence-corrected chi connectivity index (χ4v) is 4.58. The van der Waals surface area contributed by atoms with E-state index in [1.54, 1.807) is 60.7 Å². The van der Waals surface area contributed by atoms with Gasteiger partial charge in [0.2, 0.25) is 5.91 Å². The summed E-state index contributed by atoms with van der Waals surface area (Å²) < 4.78 is 44.1. The van der Waals surface area contributed by atoms with Gasteiger partial charge in [0.25, 0.3) is 10.0 Å². The number of sulfonamides is 1. The highest BCUT2D eigenvalue weighted by atomic mass is 32.2. The topological polar surface area (TPSA) is 94.2 Å². The second-order valence-electron chi connectivity index (χ2n) is 7.03. The van der Waals surface area contributed by atoms with Crippen molar-refractivity contribution < 1.29 is 27.4 Å². The normalized spacial score (nSPS) is 10.8. The van der Waals surface area contributed by atoms with Crippen molar-refractivity contribution in [2.75, 3.05) is 37.0 Å². The van der Waals surface area contributed by atoms with Crippen LogP contribution >= 0.6 is 0 Å². The first kappa shape index (κ1) is 24.7. The summed E-state index contributed by atoms with van der Waals surface area (Å²) in [4.78, 5) is 13.0. The number of hydrogen-bond acceptors (Lipinski definition) is 6. The summed E-state index contributed by atoms with van der Waals surface area (Å²) in [6, 6.07) is 19.3. The summed E-state index contributed by atoms with van der Waals surface area (Å²) in [5.74, 6) is 0.822. The number of amides is 1. The summed E-state index contributed by atoms with van der Waals surface area (Å²) in [7, 11) is -1.18. The lowest BCUT2D eigenvalue weighted by molar-refractivity contribution is -0.114. The maximum atomic E-state index is 13.5. The predicted molar refractivity (Wildman–Crippen MR) is 131 cm³/mol. The maximum Gasteiger partial charge on any atom is 0.264 e. The third-order valence-corrected chi connectivity index (χ3v) is 6.55. The van der Waals surface area contributed by atoms with Crippen LogP contribution in [0, 0.1) is 0 Å². The Morgan fingerprint density at radius 2 is 1.65 bits per heavy atom. The second kappa shape index (κ2) is 11.2. The highest BCUT2D eigenvalue weighted by Crippen LogP contribution is 2.35. The van der Waals surface area contributed by atoms with E-state index in [1.807, 2.05) is 0 Å². The van der Waals surface area contributed by atoms with E-state index < -0.39 is 22.5 Å². The third-order valence-electron chi connectivity index (χ3n) is 4.78. The molecule has 34 heavy (non-hydrogen) atoms. The van der Waals surface area contributed by atoms with Gasteiger partial charge in [0, 0.05) is 11.8 Å². The lowest BCUT2D eigenvalue weighted by Crippen LogP contribution is -2.38. The monoisotopic (exact) mass is 482 g/mol. The van der Waals surface area contributed by atoms with Gasteiger partial charge >= 0.3 is 0 Å². The van der Waals surface area contributed by atoms with Gasteiger partial charge in [-0.2, -0.15) is 0 Å². The molecule has 0 saturated carbocycles. The molecule has 0 aliphatic heterocycles. The molecule has 0 radical (unpaired) electrons. The van der Waals surface area contributed by atoms with E-state index in [0.717, 1.165) is 4.31 Å². The Hall–Kier alpha value is -3.98. The molecule has 0 fully saturated rings. The fraction of sp³-hybridized carbons (Fsp3) is 0.160. The molecule has 0 saturated heterocycles. The number of hydrogen-bond donors (Lipinski definition) is 1. The molecule has 3 aromatic carbocycles. The average molecular weight is 483 g/mol. The SMILES string of the molecule is C=CCOc1ccc(NC(=O)CN(c2ccc(OC)cc2OC)S(=O)(=O)c2ccccc2)cc1. The van der Waals surface area contributed by atoms with Crippen molar-refractivity contribution in [1.29, 1.82) is 0 Å². The number of nitrogens with one attached hydrogen (secondary N) is 1. The molecule has 0 spiro atoms. The van der Waals surface area contributed by atoms with E-state index in [-0.39, 0.29) is 16.3 Å². The summed E-state index contributed by atoms with van der Waals surface area (Å²) in [6.07, 6.45) is 1.63. The van der Waals surface area contributed by atoms with Crippen molar-refractivity contribution in [2.24, 2.45) is 0 Å². The van der Waals surface area contributed by atoms with Crippen LogP contribution in [-0.4, -0.2) is 41.7 Å². The highest BCUT2D eigenvalue weighted by molar-refractivity contribution is 7.92. The Morgan fingerprint density at radius 1 is 0.971 bits per heavy atom. The van der Waals surface area contributed by atoms with Gasteiger partial charge < -0.3 is 19.5 Å². The molecule has 178 valence electrons. The van der Waals surface area contributed by atoms with Gasteiger partial charge in [0.05, 0.1) is 24.8 Å². The van der Waals surface area contributed by atoms with Gasteiger partial charge in [-0.05, 0) is 48.5 Å². The number of nitrogens with zero attached hydrogens (tertiary/aromatic N) is 1. The van der Waals surface area contributed by atoms with Crippen molar-refractivity contribution in [3.05, 3.63) is 85.5 Å². The summed E-state index contributed by atoms with van der Waals surface area (Å²) in [6.45, 7) is 3.48. The van der Waals surface area contributed by atoms with E-state index >= 15 is 0 Å². The Labute approximate surface area is 199 Å². The van der Waals surface area contributed by atoms with Gasteiger partial charge in [-0.1, -0.05) is 30.9 Å². The zero-order valence-electron chi connectivity index (χ0n) is 18.9. The van der Waals surface area contributed by atoms with E-state index in [9.17, 15) is 13.2 Å². The lowest BCUT2D eigenvalue weighted by Gasteiger charge is -2.26. The Kier molecular flexibility index (Phi) is 8.15. The molecule has 0 bridgehead atoms. The molecule has 3 aromatic rings. The van der Waals surface area contributed by atoms with Crippen LogP contribution in [0.5, 0.6) is 17.2 Å². The zero-order valence-corrected chi connectivity index (χ0v) is 19.7. The van der Waals surface area contributed by atoms with Crippen LogP contribution in [0.25, 0.3) is 0 Å². The quantitative estimate of drug-likeness (QED) is 0.414. The number of anilines is 2. The van der Waals surface area contributed by atoms with E-state index in [4.69, 9.17) is 14.2 Å². The van der Waals surface area contributed by atoms with Gasteiger partial charge in [0.15, 0.2) is 0 Å². The minimum atomic E-state index is -4.09. The van der Waals surface area contributed by atoms with Crippen LogP contribution in [0.2, 0.25) is 0 Å². The largest absolute Gasteiger partial charge is 0.497 e. The predicted octanol–water partition coefficient (Wildman–Crippen LogP) is 4.10. The number of benzene rings is 3. The highest BCUT2D eigenvalue weighted by Gasteiger charge is 2.29. The van der Waals surface area contributed by atoms with E-state index in [0.29, 0.717) is 23.8 Å². The minimum Gasteiger partial charge on any atom is -0.497 e. The maximum absolute atomic E-state index is 13.5. The number of ether oxygens (including phenoxy) is 3. The van der Waals surface area contributed by atoms with Gasteiger partial charge in [-0.25, -0.2) is 8.42 Å². The molecule has 3 rings (SSSR count). The molecule has 0 aliphatic rings. The standard InChI is InChI=1S/C25H26N2O6S/c1-4-16-33-20-12-10-19(11-13-20)26-25(28)18-27(34(29,30)22-8-6-5-7-9-22)23-15-14-21(31-2)17-24(23)32-3/h4-15,17H,1,16,18H2,2-3H3,(H,26,28). The van der Waals surface area contributed by atoms with Crippen LogP contribution in [0.3, 0.4) is 0 Å². The minimum absolute atomic E-state index is 0.0457. The molecule has 0 atom stereocenters. The number of carbonyl (C=O) groups is 1. The van der Waals surface area contributed by atoms with Crippen molar-refractivity contribution in [3.63, 3.8) is 0 Å². The first-order valence-electron chi connectivity index (χ1n) is 10.3. The molecular weight excluding hydrogens is 456 g/mol. The lowest BCUT2D eigenvalue weighted by atomic mass is 10.2. The molecule has 0 heterocycles. The summed E-state index contributed by atoms with van der Waals surface area (Å²) in [5.41, 5.74) is 0.699. The Balaban J connectivity index is 1.92. The van der Waals surface area contributed by atoms with Crippen LogP contribution < -0.4 is 23.8 Å². The summed E-state index contributed by atoms with van der Waals surface area (Å²) >= 11 is 0. The van der Waals surface area contributed by atoms with Crippen molar-refractivity contribution in [1.82, 2.24) is 0 Å². The Morgan fingerprint density at radius 3 is 2.26 bits per heavy atom. The van der Waals surface area contributed by atoms with Gasteiger partial charge in [-0.3, -0.25) is 9.10 Å². The number of carbonyl (C=O) groups excluding carboxylic acids is 1. The number of methoxy groups -OCH3 is 2. The van der Waals surface area contributed by atoms with Crippen LogP contribution in [0.1, 0.15) is 0 Å². The molecule has 0 unspecified atom stereocenters. The molecular formula is C25H26N2O6S. The molecule has 1 N–H and O–H groups in total. The molecule has 8 nitrogen and oxygen atoms in total.